The Morgan fingerprint density at radius 1 is 1.53 bits per heavy atom. The highest BCUT2D eigenvalue weighted by Crippen LogP contribution is 2.20. The van der Waals surface area contributed by atoms with Crippen LogP contribution < -0.4 is 5.73 Å². The SMILES string of the molecule is NCc1ccc(C(=O)N2CCCC(CCO)C2)nc1. The highest BCUT2D eigenvalue weighted by Gasteiger charge is 2.24. The van der Waals surface area contributed by atoms with E-state index in [4.69, 9.17) is 10.8 Å². The second kappa shape index (κ2) is 6.63. The normalized spacial score (nSPS) is 19.5. The van der Waals surface area contributed by atoms with Gasteiger partial charge in [0.2, 0.25) is 0 Å². The number of amides is 1. The largest absolute Gasteiger partial charge is 0.396 e. The van der Waals surface area contributed by atoms with E-state index in [1.165, 1.54) is 0 Å². The fourth-order valence-electron chi connectivity index (χ4n) is 2.50. The summed E-state index contributed by atoms with van der Waals surface area (Å²) in [4.78, 5) is 18.3. The van der Waals surface area contributed by atoms with Gasteiger partial charge in [0.15, 0.2) is 0 Å². The molecule has 5 heteroatoms. The van der Waals surface area contributed by atoms with Gasteiger partial charge in [-0.1, -0.05) is 6.07 Å². The summed E-state index contributed by atoms with van der Waals surface area (Å²) in [6.45, 7) is 2.13. The summed E-state index contributed by atoms with van der Waals surface area (Å²) in [5.74, 6) is 0.386. The second-order valence-electron chi connectivity index (χ2n) is 5.03. The Bertz CT molecular complexity index is 417. The monoisotopic (exact) mass is 263 g/mol. The van der Waals surface area contributed by atoms with Crippen LogP contribution in [0.2, 0.25) is 0 Å². The van der Waals surface area contributed by atoms with Crippen LogP contribution in [-0.2, 0) is 6.54 Å². The van der Waals surface area contributed by atoms with Crippen LogP contribution in [-0.4, -0.2) is 40.6 Å². The molecule has 5 nitrogen and oxygen atoms in total. The zero-order valence-electron chi connectivity index (χ0n) is 11.1. The molecule has 0 bridgehead atoms. The Morgan fingerprint density at radius 2 is 2.37 bits per heavy atom. The lowest BCUT2D eigenvalue weighted by molar-refractivity contribution is 0.0647. The maximum atomic E-state index is 12.3. The number of nitrogens with zero attached hydrogens (tertiary/aromatic N) is 2. The highest BCUT2D eigenvalue weighted by atomic mass is 16.3. The summed E-state index contributed by atoms with van der Waals surface area (Å²) in [5, 5.41) is 8.99. The lowest BCUT2D eigenvalue weighted by atomic mass is 9.95. The third kappa shape index (κ3) is 3.52. The van der Waals surface area contributed by atoms with Crippen LogP contribution in [0.1, 0.15) is 35.3 Å². The summed E-state index contributed by atoms with van der Waals surface area (Å²) < 4.78 is 0. The van der Waals surface area contributed by atoms with E-state index in [0.29, 0.717) is 18.2 Å². The smallest absolute Gasteiger partial charge is 0.272 e. The maximum absolute atomic E-state index is 12.3. The molecule has 2 heterocycles. The van der Waals surface area contributed by atoms with Gasteiger partial charge >= 0.3 is 0 Å². The lowest BCUT2D eigenvalue weighted by Crippen LogP contribution is -2.40. The molecule has 1 aromatic rings. The van der Waals surface area contributed by atoms with Crippen molar-refractivity contribution in [2.24, 2.45) is 11.7 Å². The minimum absolute atomic E-state index is 0.0220. The van der Waals surface area contributed by atoms with Crippen molar-refractivity contribution in [3.63, 3.8) is 0 Å². The van der Waals surface area contributed by atoms with Crippen LogP contribution in [0.4, 0.5) is 0 Å². The zero-order chi connectivity index (χ0) is 13.7. The van der Waals surface area contributed by atoms with Crippen LogP contribution >= 0.6 is 0 Å². The molecule has 1 amide bonds. The molecular weight excluding hydrogens is 242 g/mol. The number of nitrogens with two attached hydrogens (primary N) is 1. The van der Waals surface area contributed by atoms with Crippen LogP contribution in [0.5, 0.6) is 0 Å². The molecular formula is C14H21N3O2. The van der Waals surface area contributed by atoms with E-state index in [-0.39, 0.29) is 12.5 Å². The van der Waals surface area contributed by atoms with Gasteiger partial charge in [-0.15, -0.1) is 0 Å². The van der Waals surface area contributed by atoms with Gasteiger partial charge in [-0.05, 0) is 36.8 Å². The predicted molar refractivity (Wildman–Crippen MR) is 72.5 cm³/mol. The van der Waals surface area contributed by atoms with Crippen molar-refractivity contribution in [3.8, 4) is 0 Å². The van der Waals surface area contributed by atoms with E-state index in [9.17, 15) is 4.79 Å². The van der Waals surface area contributed by atoms with Crippen molar-refractivity contribution in [1.82, 2.24) is 9.88 Å². The molecule has 2 rings (SSSR count). The average molecular weight is 263 g/mol. The predicted octanol–water partition coefficient (Wildman–Crippen LogP) is 0.775. The number of pyridine rings is 1. The van der Waals surface area contributed by atoms with E-state index in [1.807, 2.05) is 11.0 Å². The number of likely N-dealkylation sites (tertiary alicyclic amines) is 1. The number of aliphatic hydroxyl groups is 1. The molecule has 0 aromatic carbocycles. The molecule has 1 aliphatic rings. The van der Waals surface area contributed by atoms with Crippen molar-refractivity contribution >= 4 is 5.91 Å². The molecule has 0 aliphatic carbocycles. The first-order valence-electron chi connectivity index (χ1n) is 6.79. The fraction of sp³-hybridized carbons (Fsp3) is 0.571. The summed E-state index contributed by atoms with van der Waals surface area (Å²) >= 11 is 0. The Hall–Kier alpha value is -1.46. The molecule has 1 aliphatic heterocycles. The van der Waals surface area contributed by atoms with E-state index >= 15 is 0 Å². The van der Waals surface area contributed by atoms with Gasteiger partial charge in [-0.3, -0.25) is 9.78 Å². The molecule has 1 saturated heterocycles. The first-order chi connectivity index (χ1) is 9.24. The number of carbonyl (C=O) groups excluding carboxylic acids is 1. The van der Waals surface area contributed by atoms with E-state index in [0.717, 1.165) is 37.9 Å². The van der Waals surface area contributed by atoms with Gasteiger partial charge in [0.1, 0.15) is 5.69 Å². The number of aliphatic hydroxyl groups excluding tert-OH is 1. The molecule has 1 fully saturated rings. The van der Waals surface area contributed by atoms with Crippen molar-refractivity contribution < 1.29 is 9.90 Å². The Balaban J connectivity index is 2.01. The van der Waals surface area contributed by atoms with E-state index in [2.05, 4.69) is 4.98 Å². The van der Waals surface area contributed by atoms with Crippen molar-refractivity contribution in [2.75, 3.05) is 19.7 Å². The van der Waals surface area contributed by atoms with E-state index in [1.54, 1.807) is 12.3 Å². The molecule has 3 N–H and O–H groups in total. The molecule has 0 radical (unpaired) electrons. The van der Waals surface area contributed by atoms with Crippen LogP contribution in [0.25, 0.3) is 0 Å². The summed E-state index contributed by atoms with van der Waals surface area (Å²) in [6, 6.07) is 3.58. The Labute approximate surface area is 113 Å². The molecule has 0 spiro atoms. The average Bonchev–Trinajstić information content (AvgIpc) is 2.47. The van der Waals surface area contributed by atoms with Crippen molar-refractivity contribution in [2.45, 2.75) is 25.8 Å². The summed E-state index contributed by atoms with van der Waals surface area (Å²) in [6.07, 6.45) is 4.51. The van der Waals surface area contributed by atoms with Gasteiger partial charge < -0.3 is 15.7 Å². The Morgan fingerprint density at radius 3 is 3.00 bits per heavy atom. The number of piperidine rings is 1. The summed E-state index contributed by atoms with van der Waals surface area (Å²) in [7, 11) is 0. The van der Waals surface area contributed by atoms with E-state index < -0.39 is 0 Å². The molecule has 1 aromatic heterocycles. The molecule has 0 saturated carbocycles. The molecule has 1 unspecified atom stereocenters. The van der Waals surface area contributed by atoms with Gasteiger partial charge in [0.25, 0.3) is 5.91 Å². The van der Waals surface area contributed by atoms with Crippen LogP contribution in [0, 0.1) is 5.92 Å². The highest BCUT2D eigenvalue weighted by molar-refractivity contribution is 5.92. The standard InChI is InChI=1S/C14H21N3O2/c15-8-12-3-4-13(16-9-12)14(19)17-6-1-2-11(10-17)5-7-18/h3-4,9,11,18H,1-2,5-8,10,15H2. The molecule has 1 atom stereocenters. The molecule has 104 valence electrons. The van der Waals surface area contributed by atoms with Crippen molar-refractivity contribution in [1.29, 1.82) is 0 Å². The number of aromatic nitrogens is 1. The number of rotatable bonds is 4. The molecule has 19 heavy (non-hydrogen) atoms. The summed E-state index contributed by atoms with van der Waals surface area (Å²) in [5.41, 5.74) is 6.91. The quantitative estimate of drug-likeness (QED) is 0.841. The van der Waals surface area contributed by atoms with Gasteiger partial charge in [-0.25, -0.2) is 0 Å². The number of hydrogen-bond donors (Lipinski definition) is 2. The van der Waals surface area contributed by atoms with Crippen LogP contribution in [0.15, 0.2) is 18.3 Å². The minimum atomic E-state index is -0.0220. The van der Waals surface area contributed by atoms with Crippen molar-refractivity contribution in [3.05, 3.63) is 29.6 Å². The maximum Gasteiger partial charge on any atom is 0.272 e. The van der Waals surface area contributed by atoms with Crippen LogP contribution in [0.3, 0.4) is 0 Å². The number of hydrogen-bond acceptors (Lipinski definition) is 4. The van der Waals surface area contributed by atoms with Gasteiger partial charge in [0, 0.05) is 32.4 Å². The Kier molecular flexibility index (Phi) is 4.87. The van der Waals surface area contributed by atoms with Gasteiger partial charge in [-0.2, -0.15) is 0 Å². The van der Waals surface area contributed by atoms with Gasteiger partial charge in [0.05, 0.1) is 0 Å². The lowest BCUT2D eigenvalue weighted by Gasteiger charge is -2.32. The zero-order valence-corrected chi connectivity index (χ0v) is 11.1. The topological polar surface area (TPSA) is 79.5 Å². The third-order valence-corrected chi connectivity index (χ3v) is 3.62. The first kappa shape index (κ1) is 14.0. The first-order valence-corrected chi connectivity index (χ1v) is 6.79. The number of carbonyl (C=O) groups is 1. The fourth-order valence-corrected chi connectivity index (χ4v) is 2.50. The third-order valence-electron chi connectivity index (χ3n) is 3.62. The minimum Gasteiger partial charge on any atom is -0.396 e. The second-order valence-corrected chi connectivity index (χ2v) is 5.03.